The highest BCUT2D eigenvalue weighted by molar-refractivity contribution is 5.58. The van der Waals surface area contributed by atoms with Crippen molar-refractivity contribution in [2.75, 3.05) is 5.32 Å². The van der Waals surface area contributed by atoms with Crippen molar-refractivity contribution in [3.05, 3.63) is 59.2 Å². The zero-order valence-electron chi connectivity index (χ0n) is 10.5. The van der Waals surface area contributed by atoms with Crippen molar-refractivity contribution >= 4 is 11.4 Å². The molecule has 3 nitrogen and oxygen atoms in total. The van der Waals surface area contributed by atoms with Crippen LogP contribution in [0.1, 0.15) is 13.8 Å². The molecule has 3 heteroatoms. The van der Waals surface area contributed by atoms with E-state index in [0.717, 1.165) is 22.1 Å². The van der Waals surface area contributed by atoms with Gasteiger partial charge in [0.15, 0.2) is 0 Å². The lowest BCUT2D eigenvalue weighted by atomic mass is 10.2. The number of anilines is 2. The summed E-state index contributed by atoms with van der Waals surface area (Å²) in [6.07, 6.45) is 0. The highest BCUT2D eigenvalue weighted by Gasteiger charge is 2.17. The first-order chi connectivity index (χ1) is 8.62. The van der Waals surface area contributed by atoms with Gasteiger partial charge in [0.2, 0.25) is 0 Å². The molecule has 0 atom stereocenters. The zero-order chi connectivity index (χ0) is 12.6. The van der Waals surface area contributed by atoms with E-state index in [2.05, 4.69) is 15.3 Å². The Bertz CT molecular complexity index is 687. The van der Waals surface area contributed by atoms with Gasteiger partial charge < -0.3 is 5.32 Å². The van der Waals surface area contributed by atoms with Gasteiger partial charge in [0.05, 0.1) is 10.7 Å². The van der Waals surface area contributed by atoms with Crippen LogP contribution in [-0.2, 0) is 0 Å². The van der Waals surface area contributed by atoms with Gasteiger partial charge in [-0.2, -0.15) is 0 Å². The molecule has 0 aromatic heterocycles. The third-order valence-corrected chi connectivity index (χ3v) is 2.83. The average molecular weight is 237 g/mol. The number of para-hydroxylation sites is 1. The first-order valence-corrected chi connectivity index (χ1v) is 6.04. The van der Waals surface area contributed by atoms with Crippen LogP contribution in [0.5, 0.6) is 0 Å². The molecule has 18 heavy (non-hydrogen) atoms. The molecule has 0 aliphatic carbocycles. The number of hydrogen-bond donors (Lipinski definition) is 1. The fraction of sp³-hybridized carbons (Fsp3) is 0.200. The van der Waals surface area contributed by atoms with Crippen LogP contribution >= 0.6 is 0 Å². The maximum Gasteiger partial charge on any atom is 0.146 e. The van der Waals surface area contributed by atoms with Crippen molar-refractivity contribution in [1.82, 2.24) is 0 Å². The Balaban J connectivity index is 1.97. The lowest BCUT2D eigenvalue weighted by Gasteiger charge is -2.07. The summed E-state index contributed by atoms with van der Waals surface area (Å²) in [5.74, 6) is 0. The average Bonchev–Trinajstić information content (AvgIpc) is 2.63. The van der Waals surface area contributed by atoms with E-state index in [4.69, 9.17) is 0 Å². The third-order valence-electron chi connectivity index (χ3n) is 2.83. The van der Waals surface area contributed by atoms with Crippen molar-refractivity contribution < 1.29 is 0 Å². The van der Waals surface area contributed by atoms with E-state index < -0.39 is 0 Å². The molecule has 1 aliphatic rings. The number of benzene rings is 2. The molecule has 2 aromatic rings. The smallest absolute Gasteiger partial charge is 0.146 e. The van der Waals surface area contributed by atoms with Crippen molar-refractivity contribution in [1.29, 1.82) is 0 Å². The van der Waals surface area contributed by atoms with E-state index in [9.17, 15) is 0 Å². The molecule has 1 heterocycles. The van der Waals surface area contributed by atoms with Crippen LogP contribution in [0, 0.1) is 0 Å². The molecule has 1 aliphatic heterocycles. The van der Waals surface area contributed by atoms with Gasteiger partial charge >= 0.3 is 0 Å². The molecule has 0 unspecified atom stereocenters. The van der Waals surface area contributed by atoms with E-state index >= 15 is 0 Å². The van der Waals surface area contributed by atoms with E-state index in [0.29, 0.717) is 0 Å². The second-order valence-corrected chi connectivity index (χ2v) is 4.91. The molecule has 0 amide bonds. The minimum atomic E-state index is -0.326. The van der Waals surface area contributed by atoms with Gasteiger partial charge in [-0.25, -0.2) is 0 Å². The Morgan fingerprint density at radius 1 is 0.833 bits per heavy atom. The van der Waals surface area contributed by atoms with Gasteiger partial charge in [-0.1, -0.05) is 18.2 Å². The number of hydrogen-bond acceptors (Lipinski definition) is 3. The summed E-state index contributed by atoms with van der Waals surface area (Å²) in [4.78, 5) is 9.12. The Morgan fingerprint density at radius 3 is 2.33 bits per heavy atom. The standard InChI is InChI=1S/C15H15N3/c1-15(2)17-13-9-8-12(10-14(13)18-15)16-11-6-4-3-5-7-11/h3-10,16H,1-2H3. The third kappa shape index (κ3) is 2.12. The molecule has 3 rings (SSSR count). The fourth-order valence-corrected chi connectivity index (χ4v) is 2.09. The van der Waals surface area contributed by atoms with Gasteiger partial charge in [-0.05, 0) is 44.2 Å². The molecule has 0 spiro atoms. The minimum absolute atomic E-state index is 0.326. The lowest BCUT2D eigenvalue weighted by molar-refractivity contribution is 0.549. The van der Waals surface area contributed by atoms with Crippen molar-refractivity contribution in [2.45, 2.75) is 19.5 Å². The van der Waals surface area contributed by atoms with Crippen molar-refractivity contribution in [3.8, 4) is 0 Å². The predicted octanol–water partition coefficient (Wildman–Crippen LogP) is 2.42. The molecule has 0 saturated heterocycles. The van der Waals surface area contributed by atoms with E-state index in [1.54, 1.807) is 0 Å². The number of fused-ring (bicyclic) bond motifs is 1. The summed E-state index contributed by atoms with van der Waals surface area (Å²) in [5, 5.41) is 5.29. The Morgan fingerprint density at radius 2 is 1.56 bits per heavy atom. The summed E-state index contributed by atoms with van der Waals surface area (Å²) >= 11 is 0. The maximum atomic E-state index is 4.58. The van der Waals surface area contributed by atoms with Crippen LogP contribution < -0.4 is 16.0 Å². The van der Waals surface area contributed by atoms with Crippen LogP contribution in [-0.4, -0.2) is 5.66 Å². The zero-order valence-corrected chi connectivity index (χ0v) is 10.5. The highest BCUT2D eigenvalue weighted by atomic mass is 15.1. The van der Waals surface area contributed by atoms with Crippen LogP contribution in [0.3, 0.4) is 0 Å². The SMILES string of the molecule is CC1(C)N=c2ccc(Nc3ccccc3)cc2=N1. The van der Waals surface area contributed by atoms with E-state index in [1.807, 2.05) is 62.4 Å². The van der Waals surface area contributed by atoms with Gasteiger partial charge in [0.25, 0.3) is 0 Å². The minimum Gasteiger partial charge on any atom is -0.355 e. The predicted molar refractivity (Wildman–Crippen MR) is 72.6 cm³/mol. The van der Waals surface area contributed by atoms with E-state index in [1.165, 1.54) is 0 Å². The van der Waals surface area contributed by atoms with Crippen molar-refractivity contribution in [3.63, 3.8) is 0 Å². The molecular formula is C15H15N3. The van der Waals surface area contributed by atoms with Crippen LogP contribution in [0.25, 0.3) is 0 Å². The molecule has 2 aromatic carbocycles. The van der Waals surface area contributed by atoms with Gasteiger partial charge in [-0.3, -0.25) is 9.98 Å². The van der Waals surface area contributed by atoms with Crippen LogP contribution in [0.2, 0.25) is 0 Å². The topological polar surface area (TPSA) is 36.8 Å². The highest BCUT2D eigenvalue weighted by Crippen LogP contribution is 2.15. The normalized spacial score (nSPS) is 15.4. The number of nitrogens with one attached hydrogen (secondary N) is 1. The lowest BCUT2D eigenvalue weighted by Crippen LogP contribution is -2.21. The van der Waals surface area contributed by atoms with Gasteiger partial charge in [-0.15, -0.1) is 0 Å². The second-order valence-electron chi connectivity index (χ2n) is 4.91. The van der Waals surface area contributed by atoms with Gasteiger partial charge in [0, 0.05) is 11.4 Å². The largest absolute Gasteiger partial charge is 0.355 e. The second kappa shape index (κ2) is 3.95. The number of rotatable bonds is 2. The van der Waals surface area contributed by atoms with E-state index in [-0.39, 0.29) is 5.66 Å². The Kier molecular flexibility index (Phi) is 2.40. The molecule has 90 valence electrons. The Labute approximate surface area is 106 Å². The molecular weight excluding hydrogens is 222 g/mol. The van der Waals surface area contributed by atoms with Crippen LogP contribution in [0.15, 0.2) is 58.5 Å². The quantitative estimate of drug-likeness (QED) is 0.855. The molecule has 0 radical (unpaired) electrons. The molecule has 0 saturated carbocycles. The van der Waals surface area contributed by atoms with Crippen molar-refractivity contribution in [2.24, 2.45) is 9.98 Å². The summed E-state index contributed by atoms with van der Waals surface area (Å²) in [6, 6.07) is 16.2. The fourth-order valence-electron chi connectivity index (χ4n) is 2.09. The summed E-state index contributed by atoms with van der Waals surface area (Å²) < 4.78 is 0. The molecule has 0 bridgehead atoms. The summed E-state index contributed by atoms with van der Waals surface area (Å²) in [7, 11) is 0. The number of nitrogens with zero attached hydrogens (tertiary/aromatic N) is 2. The molecule has 1 N–H and O–H groups in total. The molecule has 0 fully saturated rings. The van der Waals surface area contributed by atoms with Crippen LogP contribution in [0.4, 0.5) is 11.4 Å². The first kappa shape index (κ1) is 11.0. The summed E-state index contributed by atoms with van der Waals surface area (Å²) in [5.41, 5.74) is 1.79. The van der Waals surface area contributed by atoms with Gasteiger partial charge in [0.1, 0.15) is 5.66 Å². The monoisotopic (exact) mass is 237 g/mol. The summed E-state index contributed by atoms with van der Waals surface area (Å²) in [6.45, 7) is 4.02. The Hall–Kier alpha value is -2.16. The first-order valence-electron chi connectivity index (χ1n) is 6.04. The maximum absolute atomic E-state index is 4.58.